The molecule has 0 bridgehead atoms. The van der Waals surface area contributed by atoms with E-state index in [1.54, 1.807) is 26.7 Å². The zero-order valence-electron chi connectivity index (χ0n) is 16.8. The van der Waals surface area contributed by atoms with Crippen LogP contribution in [0.5, 0.6) is 5.75 Å². The van der Waals surface area contributed by atoms with Crippen LogP contribution in [0, 0.1) is 3.82 Å². The molecule has 30 heavy (non-hydrogen) atoms. The number of benzene rings is 2. The molecule has 1 saturated heterocycles. The highest BCUT2D eigenvalue weighted by molar-refractivity contribution is 7.80. The van der Waals surface area contributed by atoms with Crippen molar-refractivity contribution < 1.29 is 9.90 Å². The third-order valence-electron chi connectivity index (χ3n) is 5.46. The number of carbonyl (C=O) groups is 1. The van der Waals surface area contributed by atoms with Crippen LogP contribution in [0.25, 0.3) is 21.6 Å². The molecule has 0 radical (unpaired) electrons. The molecule has 4 nitrogen and oxygen atoms in total. The molecule has 0 spiro atoms. The van der Waals surface area contributed by atoms with Crippen LogP contribution in [-0.4, -0.2) is 47.0 Å². The standard InChI is InChI=1S/C23H24N2O2S3/c1-2-20(27)25-12-10-24(11-13-25)15-18-14-17(8-9-19(18)26)22-21(23(28)30-29-22)16-6-4-3-5-7-16/h3-9,14,26H,2,10-13,15H2,1H3. The van der Waals surface area contributed by atoms with E-state index in [0.29, 0.717) is 18.7 Å². The Bertz CT molecular complexity index is 1080. The molecule has 0 unspecified atom stereocenters. The lowest BCUT2D eigenvalue weighted by molar-refractivity contribution is -0.132. The molecular weight excluding hydrogens is 432 g/mol. The Kier molecular flexibility index (Phi) is 6.63. The molecule has 2 aromatic carbocycles. The highest BCUT2D eigenvalue weighted by atomic mass is 32.9. The normalized spacial score (nSPS) is 14.8. The van der Waals surface area contributed by atoms with Crippen LogP contribution in [0.2, 0.25) is 0 Å². The minimum Gasteiger partial charge on any atom is -0.508 e. The fourth-order valence-electron chi connectivity index (χ4n) is 3.78. The van der Waals surface area contributed by atoms with Gasteiger partial charge in [-0.2, -0.15) is 0 Å². The van der Waals surface area contributed by atoms with Crippen molar-refractivity contribution in [2.75, 3.05) is 26.2 Å². The monoisotopic (exact) mass is 456 g/mol. The van der Waals surface area contributed by atoms with Crippen molar-refractivity contribution in [2.24, 2.45) is 0 Å². The second kappa shape index (κ2) is 9.39. The molecule has 0 saturated carbocycles. The van der Waals surface area contributed by atoms with Crippen molar-refractivity contribution >= 4 is 38.8 Å². The van der Waals surface area contributed by atoms with Crippen LogP contribution in [0.1, 0.15) is 18.9 Å². The lowest BCUT2D eigenvalue weighted by Crippen LogP contribution is -2.48. The molecule has 1 aliphatic heterocycles. The summed E-state index contributed by atoms with van der Waals surface area (Å²) in [6.07, 6.45) is 0.555. The van der Waals surface area contributed by atoms with Gasteiger partial charge in [0.15, 0.2) is 0 Å². The SMILES string of the molecule is CCC(=O)N1CCN(Cc2cc(-c3ssc(=S)c3-c3ccccc3)ccc2O)CC1. The van der Waals surface area contributed by atoms with E-state index in [1.165, 1.54) is 0 Å². The molecule has 3 aromatic rings. The van der Waals surface area contributed by atoms with Crippen LogP contribution in [-0.2, 0) is 11.3 Å². The quantitative estimate of drug-likeness (QED) is 0.399. The summed E-state index contributed by atoms with van der Waals surface area (Å²) in [4.78, 5) is 17.3. The molecule has 2 heterocycles. The molecule has 1 aliphatic rings. The van der Waals surface area contributed by atoms with E-state index >= 15 is 0 Å². The molecule has 7 heteroatoms. The molecule has 1 N–H and O–H groups in total. The van der Waals surface area contributed by atoms with E-state index in [0.717, 1.165) is 57.1 Å². The molecule has 156 valence electrons. The minimum atomic E-state index is 0.214. The van der Waals surface area contributed by atoms with Gasteiger partial charge in [0.05, 0.1) is 4.88 Å². The maximum Gasteiger partial charge on any atom is 0.222 e. The van der Waals surface area contributed by atoms with Gasteiger partial charge in [0, 0.05) is 50.3 Å². The first-order chi connectivity index (χ1) is 14.6. The van der Waals surface area contributed by atoms with Gasteiger partial charge in [-0.15, -0.1) is 0 Å². The van der Waals surface area contributed by atoms with Crippen molar-refractivity contribution in [3.63, 3.8) is 0 Å². The third kappa shape index (κ3) is 4.49. The predicted molar refractivity (Wildman–Crippen MR) is 128 cm³/mol. The Labute approximate surface area is 189 Å². The molecular formula is C23H24N2O2S3. The molecule has 4 rings (SSSR count). The van der Waals surface area contributed by atoms with Crippen LogP contribution in [0.15, 0.2) is 48.5 Å². The van der Waals surface area contributed by atoms with Crippen LogP contribution in [0.4, 0.5) is 0 Å². The summed E-state index contributed by atoms with van der Waals surface area (Å²) in [5.41, 5.74) is 4.22. The van der Waals surface area contributed by atoms with Crippen LogP contribution in [0.3, 0.4) is 0 Å². The third-order valence-corrected chi connectivity index (χ3v) is 8.52. The fraction of sp³-hybridized carbons (Fsp3) is 0.304. The highest BCUT2D eigenvalue weighted by Gasteiger charge is 2.21. The molecule has 1 fully saturated rings. The number of carbonyl (C=O) groups excluding carboxylic acids is 1. The highest BCUT2D eigenvalue weighted by Crippen LogP contribution is 2.42. The van der Waals surface area contributed by atoms with Gasteiger partial charge in [-0.25, -0.2) is 0 Å². The number of aromatic hydroxyl groups is 1. The number of hydrogen-bond donors (Lipinski definition) is 1. The summed E-state index contributed by atoms with van der Waals surface area (Å²) in [6.45, 7) is 5.71. The Morgan fingerprint density at radius 1 is 1.03 bits per heavy atom. The second-order valence-electron chi connectivity index (χ2n) is 7.38. The zero-order chi connectivity index (χ0) is 21.1. The van der Waals surface area contributed by atoms with E-state index in [2.05, 4.69) is 23.1 Å². The summed E-state index contributed by atoms with van der Waals surface area (Å²) in [6, 6.07) is 16.1. The lowest BCUT2D eigenvalue weighted by Gasteiger charge is -2.34. The fourth-order valence-corrected chi connectivity index (χ4v) is 6.68. The minimum absolute atomic E-state index is 0.214. The molecule has 1 aromatic heterocycles. The van der Waals surface area contributed by atoms with Crippen molar-refractivity contribution in [2.45, 2.75) is 19.9 Å². The van der Waals surface area contributed by atoms with Crippen LogP contribution < -0.4 is 0 Å². The smallest absolute Gasteiger partial charge is 0.222 e. The van der Waals surface area contributed by atoms with Gasteiger partial charge in [-0.1, -0.05) is 70.2 Å². The van der Waals surface area contributed by atoms with Gasteiger partial charge in [-0.05, 0) is 29.3 Å². The summed E-state index contributed by atoms with van der Waals surface area (Å²) in [5.74, 6) is 0.525. The summed E-state index contributed by atoms with van der Waals surface area (Å²) in [7, 11) is 3.31. The average Bonchev–Trinajstić information content (AvgIpc) is 3.17. The van der Waals surface area contributed by atoms with E-state index in [4.69, 9.17) is 12.2 Å². The Balaban J connectivity index is 1.57. The van der Waals surface area contributed by atoms with E-state index < -0.39 is 0 Å². The number of hydrogen-bond acceptors (Lipinski definition) is 6. The van der Waals surface area contributed by atoms with Gasteiger partial charge in [0.1, 0.15) is 9.57 Å². The van der Waals surface area contributed by atoms with Gasteiger partial charge in [-0.3, -0.25) is 9.69 Å². The van der Waals surface area contributed by atoms with E-state index in [1.807, 2.05) is 36.1 Å². The molecule has 0 atom stereocenters. The zero-order valence-corrected chi connectivity index (χ0v) is 19.3. The van der Waals surface area contributed by atoms with Gasteiger partial charge in [0.25, 0.3) is 0 Å². The Hall–Kier alpha value is -2.06. The Morgan fingerprint density at radius 3 is 2.47 bits per heavy atom. The summed E-state index contributed by atoms with van der Waals surface area (Å²) in [5, 5.41) is 10.5. The summed E-state index contributed by atoms with van der Waals surface area (Å²) < 4.78 is 0.896. The van der Waals surface area contributed by atoms with Crippen molar-refractivity contribution in [1.82, 2.24) is 9.80 Å². The van der Waals surface area contributed by atoms with Crippen LogP contribution >= 0.6 is 32.9 Å². The van der Waals surface area contributed by atoms with Crippen molar-refractivity contribution in [3.05, 3.63) is 57.9 Å². The van der Waals surface area contributed by atoms with E-state index in [-0.39, 0.29) is 5.91 Å². The van der Waals surface area contributed by atoms with Crippen molar-refractivity contribution in [1.29, 1.82) is 0 Å². The van der Waals surface area contributed by atoms with E-state index in [9.17, 15) is 9.90 Å². The van der Waals surface area contributed by atoms with Crippen molar-refractivity contribution in [3.8, 4) is 27.3 Å². The number of amides is 1. The number of piperazine rings is 1. The van der Waals surface area contributed by atoms with Gasteiger partial charge >= 0.3 is 0 Å². The van der Waals surface area contributed by atoms with Gasteiger partial charge in [0.2, 0.25) is 5.91 Å². The largest absolute Gasteiger partial charge is 0.508 e. The lowest BCUT2D eigenvalue weighted by atomic mass is 10.0. The Morgan fingerprint density at radius 2 is 1.77 bits per heavy atom. The van der Waals surface area contributed by atoms with Gasteiger partial charge < -0.3 is 10.0 Å². The number of phenols is 1. The number of rotatable bonds is 5. The number of phenolic OH excluding ortho intramolecular Hbond substituents is 1. The second-order valence-corrected chi connectivity index (χ2v) is 10.2. The maximum atomic E-state index is 11.9. The molecule has 0 aliphatic carbocycles. The number of nitrogens with zero attached hydrogens (tertiary/aromatic N) is 2. The predicted octanol–water partition coefficient (Wildman–Crippen LogP) is 5.63. The first kappa shape index (κ1) is 21.2. The topological polar surface area (TPSA) is 43.8 Å². The summed E-state index contributed by atoms with van der Waals surface area (Å²) >= 11 is 5.63. The maximum absolute atomic E-state index is 11.9. The average molecular weight is 457 g/mol. The molecule has 1 amide bonds. The first-order valence-electron chi connectivity index (χ1n) is 10.1. The first-order valence-corrected chi connectivity index (χ1v) is 12.6.